The van der Waals surface area contributed by atoms with Gasteiger partial charge in [0.25, 0.3) is 5.91 Å². The topological polar surface area (TPSA) is 78.5 Å². The molecule has 0 aliphatic carbocycles. The van der Waals surface area contributed by atoms with Crippen LogP contribution < -0.4 is 0 Å². The summed E-state index contributed by atoms with van der Waals surface area (Å²) in [5.74, 6) is 0.165. The fraction of sp³-hybridized carbons (Fsp3) is 0.545. The third-order valence-corrected chi connectivity index (χ3v) is 6.59. The van der Waals surface area contributed by atoms with Gasteiger partial charge in [-0.15, -0.1) is 0 Å². The van der Waals surface area contributed by atoms with E-state index in [1.807, 2.05) is 13.0 Å². The van der Waals surface area contributed by atoms with Gasteiger partial charge in [-0.1, -0.05) is 30.3 Å². The lowest BCUT2D eigenvalue weighted by atomic mass is 9.74. The molecular weight excluding hydrogens is 354 g/mol. The zero-order valence-electron chi connectivity index (χ0n) is 16.8. The highest BCUT2D eigenvalue weighted by molar-refractivity contribution is 5.92. The number of H-pyrrole nitrogens is 1. The van der Waals surface area contributed by atoms with E-state index >= 15 is 0 Å². The van der Waals surface area contributed by atoms with E-state index in [1.54, 1.807) is 24.2 Å². The maximum absolute atomic E-state index is 12.8. The summed E-state index contributed by atoms with van der Waals surface area (Å²) < 4.78 is 6.53. The number of aliphatic hydroxyl groups is 1. The molecule has 2 aromatic rings. The van der Waals surface area contributed by atoms with Gasteiger partial charge in [0.15, 0.2) is 0 Å². The highest BCUT2D eigenvalue weighted by atomic mass is 16.5. The number of carbonyl (C=O) groups excluding carboxylic acids is 1. The van der Waals surface area contributed by atoms with Crippen molar-refractivity contribution in [2.45, 2.75) is 68.8 Å². The second-order valence-electron chi connectivity index (χ2n) is 8.82. The lowest BCUT2D eigenvalue weighted by Gasteiger charge is -2.49. The lowest BCUT2D eigenvalue weighted by Crippen LogP contribution is -2.57. The third-order valence-electron chi connectivity index (χ3n) is 6.59. The van der Waals surface area contributed by atoms with Crippen molar-refractivity contribution in [1.82, 2.24) is 15.1 Å². The van der Waals surface area contributed by atoms with E-state index in [0.717, 1.165) is 19.3 Å². The number of aliphatic hydroxyl groups excluding tert-OH is 1. The monoisotopic (exact) mass is 383 g/mol. The molecule has 0 unspecified atom stereocenters. The molecule has 3 heterocycles. The summed E-state index contributed by atoms with van der Waals surface area (Å²) in [4.78, 5) is 14.5. The van der Waals surface area contributed by atoms with Crippen LogP contribution >= 0.6 is 0 Å². The molecule has 5 atom stereocenters. The Morgan fingerprint density at radius 3 is 2.68 bits per heavy atom. The van der Waals surface area contributed by atoms with Crippen molar-refractivity contribution in [3.63, 3.8) is 0 Å². The van der Waals surface area contributed by atoms with E-state index in [2.05, 4.69) is 41.4 Å². The number of nitrogens with one attached hydrogen (secondary N) is 1. The Kier molecular flexibility index (Phi) is 4.79. The van der Waals surface area contributed by atoms with Crippen LogP contribution in [0.2, 0.25) is 0 Å². The van der Waals surface area contributed by atoms with E-state index < -0.39 is 11.7 Å². The third kappa shape index (κ3) is 3.35. The van der Waals surface area contributed by atoms with E-state index in [9.17, 15) is 9.90 Å². The summed E-state index contributed by atoms with van der Waals surface area (Å²) in [7, 11) is 1.76. The number of benzene rings is 1. The van der Waals surface area contributed by atoms with Crippen LogP contribution in [0.5, 0.6) is 0 Å². The molecule has 2 aliphatic heterocycles. The smallest absolute Gasteiger partial charge is 0.271 e. The summed E-state index contributed by atoms with van der Waals surface area (Å²) in [6.45, 7) is 4.14. The summed E-state index contributed by atoms with van der Waals surface area (Å²) >= 11 is 0. The van der Waals surface area contributed by atoms with E-state index in [4.69, 9.17) is 4.74 Å². The number of amides is 1. The summed E-state index contributed by atoms with van der Waals surface area (Å²) in [6.07, 6.45) is 3.95. The highest BCUT2D eigenvalue weighted by Gasteiger charge is 2.54. The highest BCUT2D eigenvalue weighted by Crippen LogP contribution is 2.50. The van der Waals surface area contributed by atoms with Crippen molar-refractivity contribution < 1.29 is 14.6 Å². The Balaban J connectivity index is 1.62. The molecule has 1 amide bonds. The molecule has 2 bridgehead atoms. The Hall–Kier alpha value is -2.18. The number of likely N-dealkylation sites (N-methyl/N-ethyl adjacent to an activating group) is 1. The number of carbonyl (C=O) groups is 1. The predicted octanol–water partition coefficient (Wildman–Crippen LogP) is 3.12. The molecule has 6 nitrogen and oxygen atoms in total. The number of aromatic nitrogens is 2. The molecule has 150 valence electrons. The van der Waals surface area contributed by atoms with Crippen molar-refractivity contribution in [3.05, 3.63) is 53.9 Å². The molecule has 6 heteroatoms. The molecule has 2 saturated heterocycles. The maximum atomic E-state index is 12.8. The number of rotatable bonds is 3. The van der Waals surface area contributed by atoms with Gasteiger partial charge in [-0.05, 0) is 57.1 Å². The van der Waals surface area contributed by atoms with Gasteiger partial charge < -0.3 is 14.7 Å². The first-order chi connectivity index (χ1) is 13.3. The molecule has 0 saturated carbocycles. The van der Waals surface area contributed by atoms with Gasteiger partial charge in [0.1, 0.15) is 11.8 Å². The van der Waals surface area contributed by atoms with Crippen LogP contribution in [0.4, 0.5) is 0 Å². The Labute approximate surface area is 165 Å². The molecular formula is C22H29N3O3. The van der Waals surface area contributed by atoms with Gasteiger partial charge >= 0.3 is 0 Å². The Morgan fingerprint density at radius 2 is 2.00 bits per heavy atom. The summed E-state index contributed by atoms with van der Waals surface area (Å²) in [6, 6.07) is 11.8. The first-order valence-corrected chi connectivity index (χ1v) is 10.0. The van der Waals surface area contributed by atoms with E-state index in [0.29, 0.717) is 18.0 Å². The van der Waals surface area contributed by atoms with Gasteiger partial charge in [-0.25, -0.2) is 0 Å². The quantitative estimate of drug-likeness (QED) is 0.854. The summed E-state index contributed by atoms with van der Waals surface area (Å²) in [5, 5.41) is 18.0. The molecule has 1 aromatic heterocycles. The predicted molar refractivity (Wildman–Crippen MR) is 106 cm³/mol. The minimum absolute atomic E-state index is 0.161. The van der Waals surface area contributed by atoms with Gasteiger partial charge in [-0.3, -0.25) is 9.89 Å². The van der Waals surface area contributed by atoms with Crippen LogP contribution in [0, 0.1) is 0 Å². The molecule has 0 radical (unpaired) electrons. The minimum Gasteiger partial charge on any atom is -0.388 e. The standard InChI is InChI=1S/C22H29N3O3/c1-21-11-9-18(25(3)20(27)17-10-12-23-24-17)19(26)22(2,28-21)14-16(13-21)15-7-5-4-6-8-15/h4-8,10,12,16,18-19,26H,9,11,13-14H2,1-3H3,(H,23,24)/t16-,18+,19-,21-,22-/m0/s1. The number of nitrogens with zero attached hydrogens (tertiary/aromatic N) is 2. The fourth-order valence-corrected chi connectivity index (χ4v) is 5.16. The number of hydrogen-bond donors (Lipinski definition) is 2. The fourth-order valence-electron chi connectivity index (χ4n) is 5.16. The second-order valence-corrected chi connectivity index (χ2v) is 8.82. The summed E-state index contributed by atoms with van der Waals surface area (Å²) in [5.41, 5.74) is 0.690. The Morgan fingerprint density at radius 1 is 1.25 bits per heavy atom. The first kappa shape index (κ1) is 19.2. The average Bonchev–Trinajstić information content (AvgIpc) is 3.19. The van der Waals surface area contributed by atoms with Crippen molar-refractivity contribution in [2.24, 2.45) is 0 Å². The first-order valence-electron chi connectivity index (χ1n) is 10.0. The van der Waals surface area contributed by atoms with Crippen molar-refractivity contribution in [2.75, 3.05) is 7.05 Å². The SMILES string of the molecule is CN(C(=O)c1ccn[nH]1)[C@@H]1CC[C@@]2(C)C[C@H](c3ccccc3)C[C@](C)(O2)[C@H]1O. The largest absolute Gasteiger partial charge is 0.388 e. The number of fused-ring (bicyclic) bond motifs is 2. The molecule has 1 aromatic carbocycles. The van der Waals surface area contributed by atoms with Crippen LogP contribution in [0.1, 0.15) is 61.5 Å². The lowest BCUT2D eigenvalue weighted by molar-refractivity contribution is -0.214. The molecule has 2 N–H and O–H groups in total. The van der Waals surface area contributed by atoms with Crippen LogP contribution in [0.25, 0.3) is 0 Å². The minimum atomic E-state index is -0.766. The number of hydrogen-bond acceptors (Lipinski definition) is 4. The zero-order valence-corrected chi connectivity index (χ0v) is 16.8. The van der Waals surface area contributed by atoms with Gasteiger partial charge in [0, 0.05) is 13.2 Å². The van der Waals surface area contributed by atoms with Crippen molar-refractivity contribution in [1.29, 1.82) is 0 Å². The molecule has 4 rings (SSSR count). The van der Waals surface area contributed by atoms with Crippen LogP contribution in [0.3, 0.4) is 0 Å². The van der Waals surface area contributed by atoms with Gasteiger partial charge in [0.05, 0.1) is 17.2 Å². The number of aromatic amines is 1. The average molecular weight is 383 g/mol. The van der Waals surface area contributed by atoms with Crippen molar-refractivity contribution >= 4 is 5.91 Å². The normalized spacial score (nSPS) is 35.2. The zero-order chi connectivity index (χ0) is 19.9. The Bertz CT molecular complexity index is 825. The van der Waals surface area contributed by atoms with Gasteiger partial charge in [0.2, 0.25) is 0 Å². The van der Waals surface area contributed by atoms with Crippen LogP contribution in [0.15, 0.2) is 42.6 Å². The van der Waals surface area contributed by atoms with Crippen LogP contribution in [-0.4, -0.2) is 56.5 Å². The van der Waals surface area contributed by atoms with E-state index in [-0.39, 0.29) is 17.6 Å². The van der Waals surface area contributed by atoms with Crippen molar-refractivity contribution in [3.8, 4) is 0 Å². The number of ether oxygens (including phenoxy) is 1. The van der Waals surface area contributed by atoms with Gasteiger partial charge in [-0.2, -0.15) is 5.10 Å². The molecule has 2 fully saturated rings. The molecule has 28 heavy (non-hydrogen) atoms. The van der Waals surface area contributed by atoms with E-state index in [1.165, 1.54) is 5.56 Å². The maximum Gasteiger partial charge on any atom is 0.271 e. The van der Waals surface area contributed by atoms with Crippen LogP contribution in [-0.2, 0) is 4.74 Å². The second kappa shape index (κ2) is 7.01. The molecule has 0 spiro atoms. The molecule has 2 aliphatic rings.